The molecule has 1 amide bonds. The van der Waals surface area contributed by atoms with Crippen molar-refractivity contribution in [2.24, 2.45) is 18.9 Å². The van der Waals surface area contributed by atoms with Crippen molar-refractivity contribution in [2.75, 3.05) is 52.1 Å². The van der Waals surface area contributed by atoms with Gasteiger partial charge < -0.3 is 70.5 Å². The van der Waals surface area contributed by atoms with Gasteiger partial charge >= 0.3 is 34.8 Å². The van der Waals surface area contributed by atoms with Crippen LogP contribution in [0.3, 0.4) is 0 Å². The summed E-state index contributed by atoms with van der Waals surface area (Å²) < 4.78 is 91.7. The third-order valence-electron chi connectivity index (χ3n) is 12.3. The number of phosphoric ester groups is 2. The Bertz CT molecular complexity index is 3210. The average Bonchev–Trinajstić information content (AvgIpc) is 4.12. The normalized spacial score (nSPS) is 29.6. The summed E-state index contributed by atoms with van der Waals surface area (Å²) >= 11 is 0. The van der Waals surface area contributed by atoms with Crippen LogP contribution in [0.1, 0.15) is 31.5 Å². The van der Waals surface area contributed by atoms with Gasteiger partial charge in [0.15, 0.2) is 30.2 Å². The van der Waals surface area contributed by atoms with Gasteiger partial charge in [-0.1, -0.05) is 4.98 Å². The predicted octanol–water partition coefficient (Wildman–Crippen LogP) is -3.96. The third kappa shape index (κ3) is 11.6. The minimum Gasteiger partial charge on any atom is -0.387 e. The fourth-order valence-electron chi connectivity index (χ4n) is 8.93. The van der Waals surface area contributed by atoms with Crippen LogP contribution >= 0.6 is 23.5 Å². The number of H-pyrrole nitrogens is 2. The molecule has 0 spiro atoms. The van der Waals surface area contributed by atoms with Gasteiger partial charge in [-0.05, 0) is 6.42 Å². The van der Waals surface area contributed by atoms with E-state index in [2.05, 4.69) is 38.9 Å². The molecule has 15 atom stereocenters. The van der Waals surface area contributed by atoms with Crippen molar-refractivity contribution < 1.29 is 94.4 Å². The number of nitrogens with two attached hydrogens (primary N) is 2. The number of hydrogen-bond acceptors (Lipinski definition) is 25. The number of anilines is 2. The molecular weight excluding hydrogens is 1060 g/mol. The molecule has 0 saturated carbocycles. The number of aliphatic hydroxyl groups excluding tert-OH is 3. The van der Waals surface area contributed by atoms with E-state index >= 15 is 0 Å². The van der Waals surface area contributed by atoms with Crippen LogP contribution in [0.2, 0.25) is 0 Å². The standard InChI is InChI=1S/C36H50N13O22P3/c1-46-14-49(30-23(46)31(55)45-35(38)44-30)32-24(52)15(5-7-63-2)18(68-32)10-65-72(57,58)70-74(61,62)71-73(59,60)66-11-19-16(27(64-3)34(69-19)48-13-42-22-28(37)40-12-41-29(22)48)8-21(51)39-9-17-25(53)26(54)33(67-17)47-6-4-20(50)43-36(47)56/h4,6,12-19,24-27,32-34,52-54H,5,7-11H2,1-3H3,(H9-,37,38,39,40,41,43,44,45,50,51,55,56,57,58,59,60,61,62)/p+1/t15-,16-,17-,18-,19-,24-,25-,26-,27-,32-,33-,34-/m1/s1. The Morgan fingerprint density at radius 1 is 0.865 bits per heavy atom. The number of fused-ring (bicyclic) bond motifs is 2. The zero-order valence-electron chi connectivity index (χ0n) is 38.8. The van der Waals surface area contributed by atoms with E-state index in [-0.39, 0.29) is 47.1 Å². The first-order chi connectivity index (χ1) is 34.9. The number of amides is 1. The van der Waals surface area contributed by atoms with Crippen LogP contribution < -0.4 is 38.2 Å². The molecule has 5 aromatic heterocycles. The number of rotatable bonds is 21. The van der Waals surface area contributed by atoms with E-state index < -0.39 is 146 Å². The summed E-state index contributed by atoms with van der Waals surface area (Å²) in [5.74, 6) is -3.08. The van der Waals surface area contributed by atoms with Crippen molar-refractivity contribution in [2.45, 2.75) is 74.3 Å². The largest absolute Gasteiger partial charge is 0.490 e. The number of nitrogen functional groups attached to an aromatic ring is 2. The quantitative estimate of drug-likeness (QED) is 0.0247. The number of carbonyl (C=O) groups excluding carboxylic acids is 1. The summed E-state index contributed by atoms with van der Waals surface area (Å²) in [5, 5.41) is 35.3. The maximum atomic E-state index is 13.6. The smallest absolute Gasteiger partial charge is 0.387 e. The van der Waals surface area contributed by atoms with Gasteiger partial charge in [-0.15, -0.1) is 0 Å². The van der Waals surface area contributed by atoms with Crippen molar-refractivity contribution >= 4 is 63.5 Å². The molecule has 5 aromatic rings. The van der Waals surface area contributed by atoms with E-state index in [0.717, 1.165) is 23.2 Å². The summed E-state index contributed by atoms with van der Waals surface area (Å²) in [6.07, 6.45) is -9.47. The summed E-state index contributed by atoms with van der Waals surface area (Å²) in [6.45, 7) is -2.31. The minimum atomic E-state index is -6.09. The SMILES string of the molecule is COCC[C@H]1[C@@H](O)[C@H]([n+]2cn(C)c3c(=O)[nH]c(N)nc32)O[C@@H]1COP(=O)(O)OP(=O)(O)OP(=O)(O)OC[C@H]1O[C@@H](n2cnc3c(N)ncnc32)[C@H](OC)[C@@H]1CC(=O)NC[C@H]1O[C@@H](n2ccc(=O)[nH]c2=O)[C@H](O)[C@@H]1O. The van der Waals surface area contributed by atoms with E-state index in [9.17, 15) is 62.9 Å². The lowest BCUT2D eigenvalue weighted by Gasteiger charge is -2.24. The fourth-order valence-corrected chi connectivity index (χ4v) is 12.4. The second kappa shape index (κ2) is 21.8. The lowest BCUT2D eigenvalue weighted by atomic mass is 9.93. The van der Waals surface area contributed by atoms with Crippen LogP contribution in [0, 0.1) is 11.8 Å². The molecule has 35 nitrogen and oxygen atoms in total. The molecule has 74 heavy (non-hydrogen) atoms. The van der Waals surface area contributed by atoms with E-state index in [1.54, 1.807) is 0 Å². The molecule has 8 rings (SSSR count). The Hall–Kier alpha value is -5.26. The van der Waals surface area contributed by atoms with Gasteiger partial charge in [-0.3, -0.25) is 47.1 Å². The van der Waals surface area contributed by atoms with Crippen LogP contribution in [-0.4, -0.2) is 163 Å². The molecule has 0 aromatic carbocycles. The topological polar surface area (TPSA) is 490 Å². The molecule has 0 bridgehead atoms. The van der Waals surface area contributed by atoms with Crippen LogP contribution in [0.5, 0.6) is 0 Å². The highest BCUT2D eigenvalue weighted by Crippen LogP contribution is 2.68. The third-order valence-corrected chi connectivity index (χ3v) is 16.5. The molecule has 3 aliphatic heterocycles. The van der Waals surface area contributed by atoms with Gasteiger partial charge in [0, 0.05) is 57.9 Å². The van der Waals surface area contributed by atoms with Gasteiger partial charge in [0.1, 0.15) is 42.4 Å². The zero-order valence-corrected chi connectivity index (χ0v) is 41.5. The summed E-state index contributed by atoms with van der Waals surface area (Å²) in [5.41, 5.74) is 9.80. The molecular formula is C36H51N13O22P3+. The Balaban J connectivity index is 0.928. The zero-order chi connectivity index (χ0) is 53.6. The number of carbonyl (C=O) groups is 1. The maximum Gasteiger partial charge on any atom is 0.490 e. The Labute approximate surface area is 413 Å². The van der Waals surface area contributed by atoms with Crippen molar-refractivity contribution in [1.82, 2.24) is 48.9 Å². The highest BCUT2D eigenvalue weighted by molar-refractivity contribution is 7.66. The highest BCUT2D eigenvalue weighted by Gasteiger charge is 2.52. The van der Waals surface area contributed by atoms with Crippen LogP contribution in [0.4, 0.5) is 11.8 Å². The number of aliphatic hydroxyl groups is 3. The number of phosphoric acid groups is 3. The van der Waals surface area contributed by atoms with Crippen molar-refractivity contribution in [3.8, 4) is 0 Å². The second-order valence-corrected chi connectivity index (χ2v) is 21.6. The number of aromatic amines is 2. The van der Waals surface area contributed by atoms with E-state index in [1.165, 1.54) is 47.6 Å². The number of nitrogens with one attached hydrogen (secondary N) is 3. The van der Waals surface area contributed by atoms with Gasteiger partial charge in [0.2, 0.25) is 17.7 Å². The number of methoxy groups -OCH3 is 2. The maximum absolute atomic E-state index is 13.6. The van der Waals surface area contributed by atoms with E-state index in [4.69, 9.17) is 44.2 Å². The molecule has 3 fully saturated rings. The molecule has 38 heteroatoms. The molecule has 3 saturated heterocycles. The Morgan fingerprint density at radius 3 is 2.20 bits per heavy atom. The monoisotopic (exact) mass is 1110 g/mol. The predicted molar refractivity (Wildman–Crippen MR) is 242 cm³/mol. The highest BCUT2D eigenvalue weighted by atomic mass is 31.3. The van der Waals surface area contributed by atoms with Gasteiger partial charge in [0.25, 0.3) is 17.1 Å². The first kappa shape index (κ1) is 55.0. The van der Waals surface area contributed by atoms with Crippen molar-refractivity contribution in [3.05, 3.63) is 62.4 Å². The Morgan fingerprint density at radius 2 is 1.54 bits per heavy atom. The van der Waals surface area contributed by atoms with Crippen LogP contribution in [0.25, 0.3) is 22.3 Å². The molecule has 0 radical (unpaired) electrons. The average molecular weight is 1110 g/mol. The molecule has 406 valence electrons. The van der Waals surface area contributed by atoms with E-state index in [1.807, 2.05) is 4.98 Å². The summed E-state index contributed by atoms with van der Waals surface area (Å²) in [7, 11) is -13.5. The Kier molecular flexibility index (Phi) is 16.2. The number of aryl methyl sites for hydroxylation is 1. The van der Waals surface area contributed by atoms with Crippen LogP contribution in [-0.2, 0) is 66.9 Å². The van der Waals surface area contributed by atoms with Crippen molar-refractivity contribution in [1.29, 1.82) is 0 Å². The molecule has 3 aliphatic rings. The minimum absolute atomic E-state index is 0.0108. The molecule has 3 unspecified atom stereocenters. The molecule has 13 N–H and O–H groups in total. The van der Waals surface area contributed by atoms with Gasteiger partial charge in [-0.2, -0.15) is 8.62 Å². The molecule has 8 heterocycles. The van der Waals surface area contributed by atoms with Gasteiger partial charge in [-0.25, -0.2) is 38.0 Å². The first-order valence-electron chi connectivity index (χ1n) is 21.9. The fraction of sp³-hybridized carbons (Fsp3) is 0.583. The second-order valence-electron chi connectivity index (χ2n) is 17.0. The van der Waals surface area contributed by atoms with Crippen LogP contribution in [0.15, 0.2) is 45.6 Å². The summed E-state index contributed by atoms with van der Waals surface area (Å²) in [6, 6.07) is 0.991. The number of nitrogens with zero attached hydrogens (tertiary/aromatic N) is 8. The number of hydrogen-bond donors (Lipinski definition) is 11. The van der Waals surface area contributed by atoms with Gasteiger partial charge in [0.05, 0.1) is 38.8 Å². The summed E-state index contributed by atoms with van der Waals surface area (Å²) in [4.78, 5) is 103. The number of aromatic nitrogens is 10. The number of imidazole rings is 2. The first-order valence-corrected chi connectivity index (χ1v) is 26.4. The lowest BCUT2D eigenvalue weighted by molar-refractivity contribution is -0.745. The molecule has 0 aliphatic carbocycles. The lowest BCUT2D eigenvalue weighted by Crippen LogP contribution is -2.45. The van der Waals surface area contributed by atoms with Crippen molar-refractivity contribution in [3.63, 3.8) is 0 Å². The number of ether oxygens (including phenoxy) is 5. The van der Waals surface area contributed by atoms with E-state index in [0.29, 0.717) is 0 Å².